The summed E-state index contributed by atoms with van der Waals surface area (Å²) in [5.41, 5.74) is 6.44. The number of primary amides is 1. The molecule has 0 spiro atoms. The first-order chi connectivity index (χ1) is 35.5. The molecular formula is C59H108ClN9O5. The molecule has 2 aromatic rings. The Hall–Kier alpha value is -2.28. The van der Waals surface area contributed by atoms with E-state index < -0.39 is 11.2 Å². The van der Waals surface area contributed by atoms with Gasteiger partial charge in [0.15, 0.2) is 0 Å². The Morgan fingerprint density at radius 3 is 1.36 bits per heavy atom. The van der Waals surface area contributed by atoms with Crippen molar-refractivity contribution in [2.75, 3.05) is 111 Å². The number of rotatable bonds is 4. The zero-order valence-corrected chi connectivity index (χ0v) is 47.7. The fourth-order valence-corrected chi connectivity index (χ4v) is 10.5. The van der Waals surface area contributed by atoms with E-state index in [9.17, 15) is 15.0 Å². The number of aliphatic hydroxyl groups excluding tert-OH is 2. The highest BCUT2D eigenvalue weighted by Crippen LogP contribution is 2.31. The molecule has 0 aromatic heterocycles. The number of piperidine rings is 8. The van der Waals surface area contributed by atoms with Crippen molar-refractivity contribution < 1.29 is 25.2 Å². The average Bonchev–Trinajstić information content (AvgIpc) is 3.42. The number of carbonyl (C=O) groups is 1. The second kappa shape index (κ2) is 38.3. The van der Waals surface area contributed by atoms with Crippen molar-refractivity contribution in [1.82, 2.24) is 42.5 Å². The highest BCUT2D eigenvalue weighted by atomic mass is 35.5. The molecule has 8 aliphatic rings. The number of carbonyl (C=O) groups excluding carboxylic acids is 1. The third-order valence-electron chi connectivity index (χ3n) is 15.4. The molecule has 74 heavy (non-hydrogen) atoms. The van der Waals surface area contributed by atoms with Gasteiger partial charge in [-0.15, -0.1) is 0 Å². The van der Waals surface area contributed by atoms with Crippen molar-refractivity contribution in [3.63, 3.8) is 0 Å². The third-order valence-corrected chi connectivity index (χ3v) is 15.6. The van der Waals surface area contributed by atoms with Gasteiger partial charge in [0.25, 0.3) is 0 Å². The van der Waals surface area contributed by atoms with E-state index in [2.05, 4.69) is 77.2 Å². The van der Waals surface area contributed by atoms with Crippen molar-refractivity contribution in [2.24, 2.45) is 40.7 Å². The van der Waals surface area contributed by atoms with Gasteiger partial charge in [0.2, 0.25) is 5.91 Å². The van der Waals surface area contributed by atoms with Gasteiger partial charge >= 0.3 is 0 Å². The molecule has 8 saturated heterocycles. The van der Waals surface area contributed by atoms with Crippen molar-refractivity contribution in [2.45, 2.75) is 148 Å². The highest BCUT2D eigenvalue weighted by Gasteiger charge is 2.32. The van der Waals surface area contributed by atoms with Crippen LogP contribution in [0.2, 0.25) is 5.02 Å². The summed E-state index contributed by atoms with van der Waals surface area (Å²) in [6.07, 6.45) is 16.4. The van der Waals surface area contributed by atoms with Crippen molar-refractivity contribution in [3.05, 3.63) is 70.7 Å². The average molecular weight is 1060 g/mol. The molecule has 2 aromatic carbocycles. The molecule has 14 nitrogen and oxygen atoms in total. The van der Waals surface area contributed by atoms with Crippen LogP contribution in [0.1, 0.15) is 142 Å². The van der Waals surface area contributed by atoms with Gasteiger partial charge in [0, 0.05) is 31.3 Å². The van der Waals surface area contributed by atoms with Crippen molar-refractivity contribution in [3.8, 4) is 0 Å². The molecule has 0 saturated carbocycles. The second-order valence-corrected chi connectivity index (χ2v) is 23.7. The van der Waals surface area contributed by atoms with E-state index in [4.69, 9.17) is 27.5 Å². The summed E-state index contributed by atoms with van der Waals surface area (Å²) < 4.78 is 0. The van der Waals surface area contributed by atoms with Crippen LogP contribution >= 0.6 is 11.6 Å². The van der Waals surface area contributed by atoms with Crippen LogP contribution in [0, 0.1) is 35.0 Å². The molecule has 0 radical (unpaired) electrons. The van der Waals surface area contributed by atoms with Gasteiger partial charge in [-0.3, -0.25) is 4.79 Å². The first-order valence-corrected chi connectivity index (χ1v) is 29.4. The summed E-state index contributed by atoms with van der Waals surface area (Å²) >= 11 is 5.80. The largest absolute Gasteiger partial charge is 0.396 e. The van der Waals surface area contributed by atoms with E-state index in [-0.39, 0.29) is 17.9 Å². The number of benzene rings is 2. The van der Waals surface area contributed by atoms with Crippen LogP contribution < -0.4 is 48.3 Å². The summed E-state index contributed by atoms with van der Waals surface area (Å²) in [5, 5.41) is 65.0. The van der Waals surface area contributed by atoms with Gasteiger partial charge in [-0.1, -0.05) is 88.7 Å². The summed E-state index contributed by atoms with van der Waals surface area (Å²) in [7, 11) is 0. The smallest absolute Gasteiger partial charge is 0.221 e. The van der Waals surface area contributed by atoms with Crippen LogP contribution in [0.15, 0.2) is 54.6 Å². The van der Waals surface area contributed by atoms with Gasteiger partial charge in [-0.05, 0) is 234 Å². The molecule has 1 amide bonds. The Labute approximate surface area is 454 Å². The number of amides is 1. The zero-order chi connectivity index (χ0) is 53.9. The lowest BCUT2D eigenvalue weighted by molar-refractivity contribution is -0.122. The number of hydrogen-bond donors (Lipinski definition) is 13. The fourth-order valence-electron chi connectivity index (χ4n) is 10.4. The van der Waals surface area contributed by atoms with Gasteiger partial charge in [-0.2, -0.15) is 0 Å². The van der Waals surface area contributed by atoms with Crippen LogP contribution in [-0.4, -0.2) is 144 Å². The summed E-state index contributed by atoms with van der Waals surface area (Å²) in [6, 6.07) is 17.4. The lowest BCUT2D eigenvalue weighted by atomic mass is 9.85. The Morgan fingerprint density at radius 2 is 1.04 bits per heavy atom. The molecule has 8 aliphatic heterocycles. The SMILES string of the molecule is CC1(C)CCCNC1.CC1CCCNC1.CC1CNCC(C)C1.NC(=O)C1CCCNC1.OC1(c2ccc(Cl)cc2)CCNCC1.OC1(c2ccccc2)CCNCC1.OC1CCNCC1.OCC1CCCNC1. The number of hydrogen-bond acceptors (Lipinski definition) is 13. The molecule has 8 fully saturated rings. The molecule has 0 bridgehead atoms. The summed E-state index contributed by atoms with van der Waals surface area (Å²) in [4.78, 5) is 10.5. The summed E-state index contributed by atoms with van der Waals surface area (Å²) in [5.74, 6) is 3.18. The van der Waals surface area contributed by atoms with Crippen molar-refractivity contribution in [1.29, 1.82) is 0 Å². The Bertz CT molecular complexity index is 1630. The first-order valence-electron chi connectivity index (χ1n) is 29.0. The second-order valence-electron chi connectivity index (χ2n) is 23.3. The van der Waals surface area contributed by atoms with Crippen LogP contribution in [0.4, 0.5) is 0 Å². The monoisotopic (exact) mass is 1060 g/mol. The summed E-state index contributed by atoms with van der Waals surface area (Å²) in [6.45, 7) is 28.8. The van der Waals surface area contributed by atoms with Gasteiger partial charge in [0.05, 0.1) is 23.2 Å². The number of halogens is 1. The van der Waals surface area contributed by atoms with E-state index in [1.54, 1.807) is 0 Å². The van der Waals surface area contributed by atoms with E-state index in [1.807, 2.05) is 54.6 Å². The molecule has 5 atom stereocenters. The van der Waals surface area contributed by atoms with Crippen LogP contribution in [-0.2, 0) is 16.0 Å². The number of aliphatic hydroxyl groups is 4. The highest BCUT2D eigenvalue weighted by molar-refractivity contribution is 6.30. The lowest BCUT2D eigenvalue weighted by Crippen LogP contribution is -2.39. The van der Waals surface area contributed by atoms with Gasteiger partial charge in [-0.25, -0.2) is 0 Å². The van der Waals surface area contributed by atoms with Crippen molar-refractivity contribution >= 4 is 17.5 Å². The number of nitrogens with one attached hydrogen (secondary N) is 8. The Morgan fingerprint density at radius 1 is 0.554 bits per heavy atom. The van der Waals surface area contributed by atoms with E-state index >= 15 is 0 Å². The van der Waals surface area contributed by atoms with Crippen LogP contribution in [0.3, 0.4) is 0 Å². The molecule has 426 valence electrons. The molecule has 10 rings (SSSR count). The maximum Gasteiger partial charge on any atom is 0.221 e. The topological polar surface area (TPSA) is 220 Å². The maximum absolute atomic E-state index is 10.5. The third kappa shape index (κ3) is 29.5. The Kier molecular flexibility index (Phi) is 34.2. The quantitative estimate of drug-likeness (QED) is 0.169. The molecule has 0 aliphatic carbocycles. The lowest BCUT2D eigenvalue weighted by Gasteiger charge is -2.33. The molecular weight excluding hydrogens is 950 g/mol. The normalized spacial score (nSPS) is 27.1. The standard InChI is InChI=1S/C11H14ClNO.C11H15NO.2C7H15N.C6H12N2O.C6H13NO.C6H13N.C5H11NO/c12-10-3-1-9(2-4-10)11(14)5-7-13-8-6-11;13-11(6-8-12-9-7-11)10-4-2-1-3-5-10;1-6-3-7(2)5-8-4-6;1-7(2)4-3-5-8-6-7;7-6(9)5-2-1-3-8-4-5;8-5-6-2-1-3-7-4-6;1-6-3-2-4-7-5-6;7-5-1-3-6-4-2-5/h1-4,13-14H,5-8H2;1-5,12-13H,6-9H2;6-8H,3-5H2,1-2H3;8H,3-6H2,1-2H3;5,8H,1-4H2,(H2,7,9);6-8H,1-5H2;6-7H,2-5H2,1H3;5-7H,1-4H2. The minimum atomic E-state index is -0.657. The molecule has 15 heteroatoms. The minimum absolute atomic E-state index is 0.0266. The molecule has 14 N–H and O–H groups in total. The number of nitrogens with two attached hydrogens (primary N) is 1. The molecule has 5 unspecified atom stereocenters. The van der Waals surface area contributed by atoms with Gasteiger partial charge in [0.1, 0.15) is 0 Å². The minimum Gasteiger partial charge on any atom is -0.396 e. The van der Waals surface area contributed by atoms with E-state index in [0.717, 1.165) is 146 Å². The molecule has 8 heterocycles. The van der Waals surface area contributed by atoms with E-state index in [1.165, 1.54) is 84.2 Å². The van der Waals surface area contributed by atoms with Crippen LogP contribution in [0.25, 0.3) is 0 Å². The predicted octanol–water partition coefficient (Wildman–Crippen LogP) is 6.00. The Balaban J connectivity index is 0.000000226. The van der Waals surface area contributed by atoms with Crippen LogP contribution in [0.5, 0.6) is 0 Å². The fraction of sp³-hybridized carbons (Fsp3) is 0.780. The van der Waals surface area contributed by atoms with Gasteiger partial charge < -0.3 is 68.7 Å². The zero-order valence-electron chi connectivity index (χ0n) is 46.9. The first kappa shape index (κ1) is 66.0. The van der Waals surface area contributed by atoms with E-state index in [0.29, 0.717) is 23.0 Å². The maximum atomic E-state index is 10.5. The predicted molar refractivity (Wildman–Crippen MR) is 308 cm³/mol.